The summed E-state index contributed by atoms with van der Waals surface area (Å²) in [6.45, 7) is 7.49. The van der Waals surface area contributed by atoms with Crippen molar-refractivity contribution in [3.8, 4) is 0 Å². The Morgan fingerprint density at radius 2 is 1.96 bits per heavy atom. The summed E-state index contributed by atoms with van der Waals surface area (Å²) in [5.41, 5.74) is 2.13. The molecule has 0 radical (unpaired) electrons. The molecule has 1 amide bonds. The normalized spacial score (nSPS) is 15.5. The lowest BCUT2D eigenvalue weighted by Crippen LogP contribution is -2.48. The molecular weight excluding hydrogens is 376 g/mol. The van der Waals surface area contributed by atoms with Crippen LogP contribution in [-0.4, -0.2) is 57.2 Å². The fourth-order valence-corrected chi connectivity index (χ4v) is 5.19. The highest BCUT2D eigenvalue weighted by Gasteiger charge is 2.22. The summed E-state index contributed by atoms with van der Waals surface area (Å²) >= 11 is 3.35. The summed E-state index contributed by atoms with van der Waals surface area (Å²) in [5.74, 6) is 0.666. The van der Waals surface area contributed by atoms with Crippen molar-refractivity contribution in [3.05, 3.63) is 46.7 Å². The number of rotatable bonds is 6. The lowest BCUT2D eigenvalue weighted by Gasteiger charge is -2.34. The third-order valence-electron chi connectivity index (χ3n) is 4.95. The van der Waals surface area contributed by atoms with Crippen LogP contribution in [0, 0.1) is 0 Å². The van der Waals surface area contributed by atoms with E-state index < -0.39 is 0 Å². The first-order chi connectivity index (χ1) is 13.2. The molecule has 142 valence electrons. The fraction of sp³-hybridized carbons (Fsp3) is 0.400. The van der Waals surface area contributed by atoms with Gasteiger partial charge in [0.25, 0.3) is 0 Å². The molecule has 1 saturated heterocycles. The Bertz CT molecular complexity index is 898. The van der Waals surface area contributed by atoms with Crippen molar-refractivity contribution < 1.29 is 4.79 Å². The van der Waals surface area contributed by atoms with E-state index in [1.807, 2.05) is 23.1 Å². The standard InChI is InChI=1S/C20H24N4OS2/c1-2-24-18-8-4-3-7-17(18)21-20(24)27-15-19(25)23-11-9-22(10-12-23)14-16-6-5-13-26-16/h3-8,13H,2,9-12,14-15H2,1H3. The maximum atomic E-state index is 12.7. The van der Waals surface area contributed by atoms with Crippen LogP contribution in [0.4, 0.5) is 0 Å². The van der Waals surface area contributed by atoms with Gasteiger partial charge in [0, 0.05) is 44.1 Å². The monoisotopic (exact) mass is 400 g/mol. The molecule has 5 nitrogen and oxygen atoms in total. The van der Waals surface area contributed by atoms with Crippen molar-refractivity contribution in [1.82, 2.24) is 19.4 Å². The first kappa shape index (κ1) is 18.5. The zero-order chi connectivity index (χ0) is 18.6. The Balaban J connectivity index is 1.31. The van der Waals surface area contributed by atoms with E-state index in [1.54, 1.807) is 23.1 Å². The topological polar surface area (TPSA) is 41.4 Å². The highest BCUT2D eigenvalue weighted by atomic mass is 32.2. The molecule has 0 unspecified atom stereocenters. The summed E-state index contributed by atoms with van der Waals surface area (Å²) in [4.78, 5) is 23.2. The molecule has 0 saturated carbocycles. The average molecular weight is 401 g/mol. The third-order valence-corrected chi connectivity index (χ3v) is 6.77. The fourth-order valence-electron chi connectivity index (χ4n) is 3.47. The average Bonchev–Trinajstić information content (AvgIpc) is 3.33. The van der Waals surface area contributed by atoms with E-state index in [2.05, 4.69) is 40.0 Å². The molecular formula is C20H24N4OS2. The van der Waals surface area contributed by atoms with E-state index in [1.165, 1.54) is 4.88 Å². The molecule has 0 atom stereocenters. The lowest BCUT2D eigenvalue weighted by molar-refractivity contribution is -0.130. The number of hydrogen-bond acceptors (Lipinski definition) is 5. The van der Waals surface area contributed by atoms with Crippen LogP contribution in [0.15, 0.2) is 46.9 Å². The minimum atomic E-state index is 0.213. The highest BCUT2D eigenvalue weighted by Crippen LogP contribution is 2.24. The van der Waals surface area contributed by atoms with Crippen LogP contribution in [0.3, 0.4) is 0 Å². The van der Waals surface area contributed by atoms with Gasteiger partial charge in [0.1, 0.15) is 0 Å². The van der Waals surface area contributed by atoms with E-state index in [0.29, 0.717) is 5.75 Å². The molecule has 0 spiro atoms. The van der Waals surface area contributed by atoms with Crippen LogP contribution in [0.2, 0.25) is 0 Å². The molecule has 27 heavy (non-hydrogen) atoms. The first-order valence-corrected chi connectivity index (χ1v) is 11.2. The molecule has 7 heteroatoms. The first-order valence-electron chi connectivity index (χ1n) is 9.35. The smallest absolute Gasteiger partial charge is 0.233 e. The number of thiophene rings is 1. The number of aromatic nitrogens is 2. The second kappa shape index (κ2) is 8.46. The summed E-state index contributed by atoms with van der Waals surface area (Å²) in [7, 11) is 0. The predicted molar refractivity (Wildman–Crippen MR) is 112 cm³/mol. The van der Waals surface area contributed by atoms with Crippen molar-refractivity contribution in [2.24, 2.45) is 0 Å². The van der Waals surface area contributed by atoms with Gasteiger partial charge < -0.3 is 9.47 Å². The minimum absolute atomic E-state index is 0.213. The molecule has 0 aliphatic carbocycles. The number of piperazine rings is 1. The van der Waals surface area contributed by atoms with Crippen LogP contribution in [0.1, 0.15) is 11.8 Å². The Kier molecular flexibility index (Phi) is 5.80. The highest BCUT2D eigenvalue weighted by molar-refractivity contribution is 7.99. The number of thioether (sulfide) groups is 1. The number of benzene rings is 1. The molecule has 1 aromatic carbocycles. The summed E-state index contributed by atoms with van der Waals surface area (Å²) in [6.07, 6.45) is 0. The van der Waals surface area contributed by atoms with E-state index >= 15 is 0 Å². The van der Waals surface area contributed by atoms with Crippen LogP contribution >= 0.6 is 23.1 Å². The van der Waals surface area contributed by atoms with Gasteiger partial charge in [0.2, 0.25) is 5.91 Å². The van der Waals surface area contributed by atoms with Gasteiger partial charge in [-0.25, -0.2) is 4.98 Å². The molecule has 0 N–H and O–H groups in total. The van der Waals surface area contributed by atoms with Crippen LogP contribution < -0.4 is 0 Å². The number of aryl methyl sites for hydroxylation is 1. The van der Waals surface area contributed by atoms with E-state index in [-0.39, 0.29) is 5.91 Å². The number of amides is 1. The molecule has 1 fully saturated rings. The third kappa shape index (κ3) is 4.20. The van der Waals surface area contributed by atoms with E-state index in [0.717, 1.165) is 55.5 Å². The van der Waals surface area contributed by atoms with Gasteiger partial charge in [-0.2, -0.15) is 0 Å². The predicted octanol–water partition coefficient (Wildman–Crippen LogP) is 3.55. The van der Waals surface area contributed by atoms with Crippen molar-refractivity contribution >= 4 is 40.0 Å². The quantitative estimate of drug-likeness (QED) is 0.594. The summed E-state index contributed by atoms with van der Waals surface area (Å²) in [5, 5.41) is 3.05. The maximum absolute atomic E-state index is 12.7. The SMILES string of the molecule is CCn1c(SCC(=O)N2CCN(Cc3cccs3)CC2)nc2ccccc21. The molecule has 0 bridgehead atoms. The van der Waals surface area contributed by atoms with Crippen molar-refractivity contribution in [2.75, 3.05) is 31.9 Å². The Morgan fingerprint density at radius 1 is 1.15 bits per heavy atom. The molecule has 2 aromatic heterocycles. The van der Waals surface area contributed by atoms with Gasteiger partial charge in [-0.05, 0) is 30.5 Å². The number of carbonyl (C=O) groups is 1. The van der Waals surface area contributed by atoms with Gasteiger partial charge in [-0.15, -0.1) is 11.3 Å². The Hall–Kier alpha value is -1.83. The van der Waals surface area contributed by atoms with Crippen molar-refractivity contribution in [2.45, 2.75) is 25.2 Å². The zero-order valence-corrected chi connectivity index (χ0v) is 17.1. The van der Waals surface area contributed by atoms with E-state index in [4.69, 9.17) is 4.98 Å². The second-order valence-electron chi connectivity index (χ2n) is 6.65. The molecule has 1 aliphatic heterocycles. The number of carbonyl (C=O) groups excluding carboxylic acids is 1. The van der Waals surface area contributed by atoms with Crippen molar-refractivity contribution in [3.63, 3.8) is 0 Å². The van der Waals surface area contributed by atoms with E-state index in [9.17, 15) is 4.79 Å². The largest absolute Gasteiger partial charge is 0.339 e. The second-order valence-corrected chi connectivity index (χ2v) is 8.63. The lowest BCUT2D eigenvalue weighted by atomic mass is 10.3. The number of fused-ring (bicyclic) bond motifs is 1. The van der Waals surface area contributed by atoms with Gasteiger partial charge >= 0.3 is 0 Å². The number of para-hydroxylation sites is 2. The molecule has 3 heterocycles. The van der Waals surface area contributed by atoms with Crippen LogP contribution in [-0.2, 0) is 17.9 Å². The molecule has 4 rings (SSSR count). The molecule has 3 aromatic rings. The van der Waals surface area contributed by atoms with Gasteiger partial charge in [-0.1, -0.05) is 30.0 Å². The number of hydrogen-bond donors (Lipinski definition) is 0. The molecule has 1 aliphatic rings. The van der Waals surface area contributed by atoms with Gasteiger partial charge in [-0.3, -0.25) is 9.69 Å². The van der Waals surface area contributed by atoms with Crippen LogP contribution in [0.25, 0.3) is 11.0 Å². The number of nitrogens with zero attached hydrogens (tertiary/aromatic N) is 4. The zero-order valence-electron chi connectivity index (χ0n) is 15.5. The van der Waals surface area contributed by atoms with Gasteiger partial charge in [0.05, 0.1) is 16.8 Å². The maximum Gasteiger partial charge on any atom is 0.233 e. The number of imidazole rings is 1. The summed E-state index contributed by atoms with van der Waals surface area (Å²) < 4.78 is 2.19. The van der Waals surface area contributed by atoms with Gasteiger partial charge in [0.15, 0.2) is 5.16 Å². The Morgan fingerprint density at radius 3 is 2.70 bits per heavy atom. The minimum Gasteiger partial charge on any atom is -0.339 e. The Labute approximate surface area is 168 Å². The van der Waals surface area contributed by atoms with Crippen molar-refractivity contribution in [1.29, 1.82) is 0 Å². The summed E-state index contributed by atoms with van der Waals surface area (Å²) in [6, 6.07) is 12.4. The van der Waals surface area contributed by atoms with Crippen LogP contribution in [0.5, 0.6) is 0 Å².